The number of nitrogens with two attached hydrogens (primary N) is 1. The van der Waals surface area contributed by atoms with E-state index in [0.717, 1.165) is 12.3 Å². The number of nitrogen functional groups attached to an aromatic ring is 1. The van der Waals surface area contributed by atoms with E-state index in [1.165, 1.54) is 12.1 Å². The van der Waals surface area contributed by atoms with Gasteiger partial charge in [-0.2, -0.15) is 18.9 Å². The second-order valence-corrected chi connectivity index (χ2v) is 10.6. The summed E-state index contributed by atoms with van der Waals surface area (Å²) in [5, 5.41) is 12.7. The molecule has 1 aromatic heterocycles. The molecule has 4 rings (SSSR count). The maximum Gasteiger partial charge on any atom is 0.459 e. The van der Waals surface area contributed by atoms with Gasteiger partial charge in [-0.15, -0.1) is 0 Å². The standard InChI is InChI=1S/C21H25F2N4O8P/c1-20(2)10-13(17(29)34-20)26-36(31,35-12-6-4-3-5-7-12)32-11-14-16(28)21(22,23)18(33-14)27-9-8-15(24)25-19(27)30/h3-9,13-14,16,18,28H,10-11H2,1-2H3,(H,26,31)(H2,24,25,30). The van der Waals surface area contributed by atoms with Gasteiger partial charge in [0.05, 0.1) is 6.61 Å². The normalized spacial score (nSPS) is 28.4. The Morgan fingerprint density at radius 1 is 1.28 bits per heavy atom. The largest absolute Gasteiger partial charge is 0.459 e. The third kappa shape index (κ3) is 5.42. The van der Waals surface area contributed by atoms with Gasteiger partial charge >= 0.3 is 25.3 Å². The number of esters is 1. The maximum atomic E-state index is 14.8. The first kappa shape index (κ1) is 26.2. The molecule has 5 unspecified atom stereocenters. The van der Waals surface area contributed by atoms with E-state index in [9.17, 15) is 28.0 Å². The van der Waals surface area contributed by atoms with E-state index in [-0.39, 0.29) is 18.0 Å². The fraction of sp³-hybridized carbons (Fsp3) is 0.476. The highest BCUT2D eigenvalue weighted by molar-refractivity contribution is 7.52. The minimum absolute atomic E-state index is 0.106. The molecule has 5 atom stereocenters. The predicted molar refractivity (Wildman–Crippen MR) is 120 cm³/mol. The molecule has 12 nitrogen and oxygen atoms in total. The van der Waals surface area contributed by atoms with Crippen LogP contribution in [-0.2, 0) is 23.4 Å². The van der Waals surface area contributed by atoms with Gasteiger partial charge in [0, 0.05) is 12.6 Å². The zero-order valence-corrected chi connectivity index (χ0v) is 20.1. The highest BCUT2D eigenvalue weighted by atomic mass is 31.2. The summed E-state index contributed by atoms with van der Waals surface area (Å²) >= 11 is 0. The summed E-state index contributed by atoms with van der Waals surface area (Å²) in [6, 6.07) is 7.87. The number of hydrogen-bond acceptors (Lipinski definition) is 10. The highest BCUT2D eigenvalue weighted by Crippen LogP contribution is 2.49. The van der Waals surface area contributed by atoms with Crippen LogP contribution in [0.25, 0.3) is 0 Å². The molecule has 0 spiro atoms. The third-order valence-corrected chi connectivity index (χ3v) is 7.10. The number of anilines is 1. The van der Waals surface area contributed by atoms with Crippen LogP contribution in [0.5, 0.6) is 5.75 Å². The van der Waals surface area contributed by atoms with Crippen molar-refractivity contribution in [3.05, 3.63) is 53.1 Å². The molecule has 2 aliphatic heterocycles. The Kier molecular flexibility index (Phi) is 6.92. The molecule has 2 saturated heterocycles. The van der Waals surface area contributed by atoms with Crippen molar-refractivity contribution < 1.29 is 41.8 Å². The van der Waals surface area contributed by atoms with Gasteiger partial charge in [0.15, 0.2) is 6.10 Å². The molecule has 0 amide bonds. The van der Waals surface area contributed by atoms with Crippen LogP contribution in [0.2, 0.25) is 0 Å². The van der Waals surface area contributed by atoms with E-state index in [4.69, 9.17) is 24.3 Å². The number of ether oxygens (including phenoxy) is 2. The molecular formula is C21H25F2N4O8P. The molecule has 2 fully saturated rings. The summed E-state index contributed by atoms with van der Waals surface area (Å²) in [6.07, 6.45) is -5.30. The fourth-order valence-corrected chi connectivity index (χ4v) is 5.34. The lowest BCUT2D eigenvalue weighted by atomic mass is 10.0. The zero-order chi connectivity index (χ0) is 26.3. The number of nitrogens with one attached hydrogen (secondary N) is 1. The van der Waals surface area contributed by atoms with Gasteiger partial charge in [-0.05, 0) is 32.0 Å². The van der Waals surface area contributed by atoms with Crippen molar-refractivity contribution in [3.63, 3.8) is 0 Å². The number of aliphatic hydroxyl groups is 1. The molecule has 2 aromatic rings. The molecule has 15 heteroatoms. The second-order valence-electron chi connectivity index (χ2n) is 8.95. The monoisotopic (exact) mass is 530 g/mol. The molecule has 0 aliphatic carbocycles. The van der Waals surface area contributed by atoms with Gasteiger partial charge in [0.25, 0.3) is 0 Å². The molecule has 196 valence electrons. The molecule has 36 heavy (non-hydrogen) atoms. The predicted octanol–water partition coefficient (Wildman–Crippen LogP) is 1.61. The number of aromatic nitrogens is 2. The van der Waals surface area contributed by atoms with Gasteiger partial charge in [0.1, 0.15) is 29.3 Å². The molecule has 0 bridgehead atoms. The Morgan fingerprint density at radius 2 is 1.97 bits per heavy atom. The van der Waals surface area contributed by atoms with Crippen molar-refractivity contribution in [1.82, 2.24) is 14.6 Å². The summed E-state index contributed by atoms with van der Waals surface area (Å²) in [4.78, 5) is 27.7. The SMILES string of the molecule is CC1(C)CC(NP(=O)(OCC2OC(n3ccc(N)nc3=O)C(F)(F)C2O)Oc2ccccc2)C(=O)O1. The Labute approximate surface area is 203 Å². The summed E-state index contributed by atoms with van der Waals surface area (Å²) in [5.41, 5.74) is 3.44. The molecule has 1 aromatic carbocycles. The van der Waals surface area contributed by atoms with Crippen LogP contribution >= 0.6 is 7.75 Å². The van der Waals surface area contributed by atoms with Gasteiger partial charge in [-0.25, -0.2) is 9.36 Å². The molecule has 4 N–H and O–H groups in total. The van der Waals surface area contributed by atoms with Crippen LogP contribution in [0, 0.1) is 0 Å². The lowest BCUT2D eigenvalue weighted by molar-refractivity contribution is -0.147. The number of halogens is 2. The van der Waals surface area contributed by atoms with Crippen molar-refractivity contribution >= 4 is 19.5 Å². The summed E-state index contributed by atoms with van der Waals surface area (Å²) < 4.78 is 65.0. The Bertz CT molecular complexity index is 1230. The smallest absolute Gasteiger partial charge is 0.458 e. The van der Waals surface area contributed by atoms with Crippen molar-refractivity contribution in [2.24, 2.45) is 0 Å². The quantitative estimate of drug-likeness (QED) is 0.335. The Hall–Kier alpha value is -2.90. The average Bonchev–Trinajstić information content (AvgIpc) is 3.17. The number of hydrogen-bond donors (Lipinski definition) is 3. The Balaban J connectivity index is 1.54. The number of rotatable bonds is 8. The molecular weight excluding hydrogens is 505 g/mol. The summed E-state index contributed by atoms with van der Waals surface area (Å²) in [7, 11) is -4.40. The minimum atomic E-state index is -4.40. The van der Waals surface area contributed by atoms with Gasteiger partial charge in [-0.3, -0.25) is 13.9 Å². The first-order valence-electron chi connectivity index (χ1n) is 10.9. The number of alkyl halides is 2. The number of nitrogens with zero attached hydrogens (tertiary/aromatic N) is 2. The van der Waals surface area contributed by atoms with Crippen LogP contribution in [0.1, 0.15) is 26.5 Å². The third-order valence-electron chi connectivity index (χ3n) is 5.53. The van der Waals surface area contributed by atoms with Gasteiger partial charge in [-0.1, -0.05) is 18.2 Å². The van der Waals surface area contributed by atoms with E-state index in [2.05, 4.69) is 10.1 Å². The topological polar surface area (TPSA) is 164 Å². The van der Waals surface area contributed by atoms with E-state index >= 15 is 0 Å². The lowest BCUT2D eigenvalue weighted by Crippen LogP contribution is -2.42. The van der Waals surface area contributed by atoms with Crippen molar-refractivity contribution in [1.29, 1.82) is 0 Å². The zero-order valence-electron chi connectivity index (χ0n) is 19.2. The highest BCUT2D eigenvalue weighted by Gasteiger charge is 2.60. The number of para-hydroxylation sites is 1. The molecule has 3 heterocycles. The number of carbonyl (C=O) groups is 1. The maximum absolute atomic E-state index is 14.8. The summed E-state index contributed by atoms with van der Waals surface area (Å²) in [5.74, 6) is -4.71. The second kappa shape index (κ2) is 9.52. The van der Waals surface area contributed by atoms with E-state index in [0.29, 0.717) is 4.57 Å². The minimum Gasteiger partial charge on any atom is -0.458 e. The number of aliphatic hydroxyl groups excluding tert-OH is 1. The van der Waals surface area contributed by atoms with Gasteiger partial charge in [0.2, 0.25) is 6.23 Å². The van der Waals surface area contributed by atoms with Crippen molar-refractivity contribution in [3.8, 4) is 5.75 Å². The lowest BCUT2D eigenvalue weighted by Gasteiger charge is -2.24. The first-order valence-corrected chi connectivity index (χ1v) is 12.4. The molecule has 0 radical (unpaired) electrons. The number of carbonyl (C=O) groups excluding carboxylic acids is 1. The van der Waals surface area contributed by atoms with Crippen LogP contribution in [0.15, 0.2) is 47.4 Å². The van der Waals surface area contributed by atoms with Crippen molar-refractivity contribution in [2.75, 3.05) is 12.3 Å². The van der Waals surface area contributed by atoms with E-state index in [1.54, 1.807) is 32.0 Å². The molecule has 2 aliphatic rings. The van der Waals surface area contributed by atoms with E-state index < -0.39 is 62.0 Å². The van der Waals surface area contributed by atoms with Crippen molar-refractivity contribution in [2.45, 2.75) is 56.3 Å². The summed E-state index contributed by atoms with van der Waals surface area (Å²) in [6.45, 7) is 2.48. The fourth-order valence-electron chi connectivity index (χ4n) is 3.84. The number of cyclic esters (lactones) is 1. The van der Waals surface area contributed by atoms with E-state index in [1.807, 2.05) is 0 Å². The van der Waals surface area contributed by atoms with Crippen LogP contribution < -0.4 is 21.0 Å². The average molecular weight is 530 g/mol. The first-order chi connectivity index (χ1) is 16.8. The number of benzene rings is 1. The Morgan fingerprint density at radius 3 is 2.58 bits per heavy atom. The van der Waals surface area contributed by atoms with Gasteiger partial charge < -0.3 is 24.8 Å². The van der Waals surface area contributed by atoms with Crippen LogP contribution in [-0.4, -0.2) is 57.0 Å². The van der Waals surface area contributed by atoms with Crippen LogP contribution in [0.4, 0.5) is 14.6 Å². The van der Waals surface area contributed by atoms with Crippen LogP contribution in [0.3, 0.4) is 0 Å². The molecule has 0 saturated carbocycles.